The quantitative estimate of drug-likeness (QED) is 0.465. The van der Waals surface area contributed by atoms with E-state index in [1.807, 2.05) is 47.0 Å². The van der Waals surface area contributed by atoms with Gasteiger partial charge < -0.3 is 5.32 Å². The summed E-state index contributed by atoms with van der Waals surface area (Å²) in [5, 5.41) is 16.0. The Balaban J connectivity index is 1.08. The summed E-state index contributed by atoms with van der Waals surface area (Å²) in [5.41, 5.74) is 3.07. The van der Waals surface area contributed by atoms with Gasteiger partial charge in [0.05, 0.1) is 5.69 Å². The van der Waals surface area contributed by atoms with Crippen LogP contribution in [0.5, 0.6) is 0 Å². The summed E-state index contributed by atoms with van der Waals surface area (Å²) in [6.45, 7) is 1.14. The predicted molar refractivity (Wildman–Crippen MR) is 128 cm³/mol. The highest BCUT2D eigenvalue weighted by Crippen LogP contribution is 2.59. The molecule has 1 amide bonds. The molecule has 0 aliphatic heterocycles. The summed E-state index contributed by atoms with van der Waals surface area (Å²) in [7, 11) is 0. The largest absolute Gasteiger partial charge is 0.350 e. The molecule has 4 aliphatic rings. The van der Waals surface area contributed by atoms with Gasteiger partial charge >= 0.3 is 0 Å². The Morgan fingerprint density at radius 2 is 1.83 bits per heavy atom. The molecule has 0 unspecified atom stereocenters. The normalized spacial score (nSPS) is 26.9. The van der Waals surface area contributed by atoms with E-state index >= 15 is 0 Å². The van der Waals surface area contributed by atoms with Gasteiger partial charge in [0, 0.05) is 18.9 Å². The van der Waals surface area contributed by atoms with Crippen molar-refractivity contribution >= 4 is 11.6 Å². The van der Waals surface area contributed by atoms with Crippen molar-refractivity contribution in [3.05, 3.63) is 60.2 Å². The van der Waals surface area contributed by atoms with Crippen molar-refractivity contribution in [2.75, 3.05) is 6.54 Å². The van der Waals surface area contributed by atoms with E-state index in [2.05, 4.69) is 30.7 Å². The van der Waals surface area contributed by atoms with Crippen LogP contribution in [-0.4, -0.2) is 47.0 Å². The van der Waals surface area contributed by atoms with E-state index in [1.165, 1.54) is 43.3 Å². The SMILES string of the molecule is O=C(NCC12CC3CC(CC(C3)C1)C2)c1cccc2nc(Cn3nnc(-c4ccccn4)n3)cn12. The van der Waals surface area contributed by atoms with Crippen LogP contribution in [-0.2, 0) is 6.54 Å². The molecule has 0 spiro atoms. The molecule has 8 rings (SSSR count). The standard InChI is InChI=1S/C26H28N8O/c35-25(28-16-26-11-17-8-18(12-26)10-19(9-17)13-26)22-5-3-6-23-29-20(14-33(22)23)15-34-31-24(30-32-34)21-4-1-2-7-27-21/h1-7,14,17-19H,8-13,15-16H2,(H,28,35). The number of nitrogens with one attached hydrogen (secondary N) is 1. The van der Waals surface area contributed by atoms with Gasteiger partial charge in [-0.3, -0.25) is 14.2 Å². The minimum Gasteiger partial charge on any atom is -0.350 e. The molecule has 0 atom stereocenters. The zero-order valence-electron chi connectivity index (χ0n) is 19.5. The Bertz CT molecular complexity index is 1360. The highest BCUT2D eigenvalue weighted by Gasteiger charge is 2.50. The third-order valence-corrected chi connectivity index (χ3v) is 8.21. The maximum Gasteiger partial charge on any atom is 0.268 e. The van der Waals surface area contributed by atoms with Crippen LogP contribution in [0.2, 0.25) is 0 Å². The third-order valence-electron chi connectivity index (χ3n) is 8.21. The van der Waals surface area contributed by atoms with Gasteiger partial charge in [0.1, 0.15) is 23.6 Å². The van der Waals surface area contributed by atoms with Crippen LogP contribution in [0.3, 0.4) is 0 Å². The number of hydrogen-bond acceptors (Lipinski definition) is 6. The van der Waals surface area contributed by atoms with Crippen molar-refractivity contribution < 1.29 is 4.79 Å². The summed E-state index contributed by atoms with van der Waals surface area (Å²) >= 11 is 0. The maximum absolute atomic E-state index is 13.3. The first-order valence-corrected chi connectivity index (χ1v) is 12.6. The molecule has 9 heteroatoms. The molecule has 4 aliphatic carbocycles. The molecular weight excluding hydrogens is 440 g/mol. The lowest BCUT2D eigenvalue weighted by molar-refractivity contribution is -0.0503. The number of fused-ring (bicyclic) bond motifs is 1. The van der Waals surface area contributed by atoms with E-state index in [-0.39, 0.29) is 5.91 Å². The first-order valence-electron chi connectivity index (χ1n) is 12.6. The Morgan fingerprint density at radius 3 is 2.57 bits per heavy atom. The van der Waals surface area contributed by atoms with Crippen LogP contribution >= 0.6 is 0 Å². The molecule has 0 saturated heterocycles. The highest BCUT2D eigenvalue weighted by atomic mass is 16.1. The van der Waals surface area contributed by atoms with Crippen LogP contribution in [0.15, 0.2) is 48.8 Å². The molecule has 178 valence electrons. The molecule has 9 nitrogen and oxygen atoms in total. The lowest BCUT2D eigenvalue weighted by Gasteiger charge is -2.56. The Morgan fingerprint density at radius 1 is 1.03 bits per heavy atom. The van der Waals surface area contributed by atoms with Crippen LogP contribution in [0, 0.1) is 23.2 Å². The zero-order chi connectivity index (χ0) is 23.4. The monoisotopic (exact) mass is 468 g/mol. The lowest BCUT2D eigenvalue weighted by Crippen LogP contribution is -2.51. The molecule has 4 aromatic rings. The number of pyridine rings is 2. The molecule has 0 aromatic carbocycles. The molecule has 35 heavy (non-hydrogen) atoms. The first-order chi connectivity index (χ1) is 17.1. The third kappa shape index (κ3) is 3.79. The second kappa shape index (κ2) is 7.96. The van der Waals surface area contributed by atoms with Crippen LogP contribution in [0.4, 0.5) is 0 Å². The second-order valence-corrected chi connectivity index (χ2v) is 10.8. The van der Waals surface area contributed by atoms with Crippen LogP contribution in [0.1, 0.15) is 54.7 Å². The van der Waals surface area contributed by atoms with E-state index < -0.39 is 0 Å². The fraction of sp³-hybridized carbons (Fsp3) is 0.462. The van der Waals surface area contributed by atoms with E-state index in [0.717, 1.165) is 35.6 Å². The molecule has 0 radical (unpaired) electrons. The molecule has 4 fully saturated rings. The molecule has 4 bridgehead atoms. The second-order valence-electron chi connectivity index (χ2n) is 10.8. The Kier molecular flexibility index (Phi) is 4.72. The summed E-state index contributed by atoms with van der Waals surface area (Å²) in [6.07, 6.45) is 11.7. The predicted octanol–water partition coefficient (Wildman–Crippen LogP) is 3.38. The fourth-order valence-electron chi connectivity index (χ4n) is 7.24. The van der Waals surface area contributed by atoms with Gasteiger partial charge in [-0.25, -0.2) is 4.98 Å². The summed E-state index contributed by atoms with van der Waals surface area (Å²) < 4.78 is 1.86. The minimum atomic E-state index is -0.0355. The maximum atomic E-state index is 13.3. The number of tetrazole rings is 1. The number of hydrogen-bond donors (Lipinski definition) is 1. The number of carbonyl (C=O) groups is 1. The smallest absolute Gasteiger partial charge is 0.268 e. The van der Waals surface area contributed by atoms with Crippen LogP contribution in [0.25, 0.3) is 17.2 Å². The van der Waals surface area contributed by atoms with Crippen LogP contribution < -0.4 is 5.32 Å². The average Bonchev–Trinajstić information content (AvgIpc) is 3.49. The van der Waals surface area contributed by atoms with Crippen molar-refractivity contribution in [2.45, 2.75) is 45.1 Å². The topological polar surface area (TPSA) is 103 Å². The average molecular weight is 469 g/mol. The molecule has 4 heterocycles. The van der Waals surface area contributed by atoms with E-state index in [9.17, 15) is 4.79 Å². The van der Waals surface area contributed by atoms with Gasteiger partial charge in [-0.05, 0) is 91.2 Å². The van der Waals surface area contributed by atoms with Gasteiger partial charge in [-0.15, -0.1) is 10.2 Å². The zero-order valence-corrected chi connectivity index (χ0v) is 19.5. The van der Waals surface area contributed by atoms with Crippen molar-refractivity contribution in [3.8, 4) is 11.5 Å². The van der Waals surface area contributed by atoms with Crippen molar-refractivity contribution in [1.29, 1.82) is 0 Å². The Hall–Kier alpha value is -3.62. The van der Waals surface area contributed by atoms with Gasteiger partial charge in [-0.1, -0.05) is 12.1 Å². The number of aromatic nitrogens is 7. The molecule has 4 saturated carbocycles. The minimum absolute atomic E-state index is 0.0355. The molecule has 4 aromatic heterocycles. The van der Waals surface area contributed by atoms with E-state index in [1.54, 1.807) is 6.20 Å². The molecule has 1 N–H and O–H groups in total. The van der Waals surface area contributed by atoms with E-state index in [0.29, 0.717) is 29.2 Å². The highest BCUT2D eigenvalue weighted by molar-refractivity contribution is 5.93. The summed E-state index contributed by atoms with van der Waals surface area (Å²) in [4.78, 5) is 23.7. The Labute approximate surface area is 203 Å². The number of imidazole rings is 1. The number of carbonyl (C=O) groups excluding carboxylic acids is 1. The van der Waals surface area contributed by atoms with Crippen molar-refractivity contribution in [3.63, 3.8) is 0 Å². The van der Waals surface area contributed by atoms with Gasteiger partial charge in [0.25, 0.3) is 5.91 Å². The molecular formula is C26H28N8O. The van der Waals surface area contributed by atoms with Gasteiger partial charge in [-0.2, -0.15) is 4.80 Å². The first kappa shape index (κ1) is 20.7. The van der Waals surface area contributed by atoms with Gasteiger partial charge in [0.15, 0.2) is 0 Å². The van der Waals surface area contributed by atoms with Crippen molar-refractivity contribution in [2.24, 2.45) is 23.2 Å². The fourth-order valence-corrected chi connectivity index (χ4v) is 7.24. The van der Waals surface area contributed by atoms with E-state index in [4.69, 9.17) is 0 Å². The van der Waals surface area contributed by atoms with Gasteiger partial charge in [0.2, 0.25) is 5.82 Å². The van der Waals surface area contributed by atoms with Crippen molar-refractivity contribution in [1.82, 2.24) is 39.9 Å². The lowest BCUT2D eigenvalue weighted by atomic mass is 9.49. The number of rotatable bonds is 6. The summed E-state index contributed by atoms with van der Waals surface area (Å²) in [6, 6.07) is 11.2. The number of amides is 1. The summed E-state index contributed by atoms with van der Waals surface area (Å²) in [5.74, 6) is 3.06. The number of nitrogens with zero attached hydrogens (tertiary/aromatic N) is 7.